The normalized spacial score (nSPS) is 30.7. The average molecular weight is 375 g/mol. The Balaban J connectivity index is 1.91. The van der Waals surface area contributed by atoms with Gasteiger partial charge in [-0.15, -0.1) is 11.8 Å². The molecule has 0 aromatic rings. The smallest absolute Gasteiger partial charge is 0.241 e. The second kappa shape index (κ2) is 9.96. The van der Waals surface area contributed by atoms with Crippen molar-refractivity contribution in [3.63, 3.8) is 0 Å². The Bertz CT molecular complexity index is 629. The summed E-state index contributed by atoms with van der Waals surface area (Å²) in [5.74, 6) is 6.98. The minimum absolute atomic E-state index is 0.0529. The number of carbonyl (C=O) groups excluding carboxylic acids is 1. The first-order valence-corrected chi connectivity index (χ1v) is 9.89. The molecule has 0 radical (unpaired) electrons. The summed E-state index contributed by atoms with van der Waals surface area (Å²) in [6, 6.07) is 0. The lowest BCUT2D eigenvalue weighted by molar-refractivity contribution is -0.127. The predicted molar refractivity (Wildman–Crippen MR) is 107 cm³/mol. The van der Waals surface area contributed by atoms with Crippen LogP contribution in [0.2, 0.25) is 0 Å². The second-order valence-corrected chi connectivity index (χ2v) is 8.17. The SMILES string of the molecule is CC#CC[C@H](C)[C@H](O)/C=C/[C@@H]1[C@H]2C/C(=C/NCC(=O)N(C)C)C[C@H]2C[C@H]1O. The molecule has 0 aromatic carbocycles. The van der Waals surface area contributed by atoms with Crippen LogP contribution in [0, 0.1) is 35.5 Å². The molecule has 150 valence electrons. The van der Waals surface area contributed by atoms with E-state index in [2.05, 4.69) is 17.2 Å². The molecule has 5 heteroatoms. The van der Waals surface area contributed by atoms with Crippen LogP contribution >= 0.6 is 0 Å². The van der Waals surface area contributed by atoms with E-state index in [1.807, 2.05) is 25.3 Å². The first-order valence-electron chi connectivity index (χ1n) is 9.89. The largest absolute Gasteiger partial charge is 0.392 e. The standard InChI is InChI=1S/C22H34N2O3/c1-5-6-7-15(2)20(25)9-8-18-19-11-16(10-17(19)12-21(18)26)13-23-14-22(27)24(3)4/h8-9,13,15,17-21,23,25-26H,7,10-12,14H2,1-4H3/b9-8+,16-13+/t15-,17-,18+,19-,20+,21+/m0/s1. The van der Waals surface area contributed by atoms with Crippen LogP contribution in [0.5, 0.6) is 0 Å². The van der Waals surface area contributed by atoms with E-state index in [1.54, 1.807) is 25.9 Å². The van der Waals surface area contributed by atoms with E-state index in [0.29, 0.717) is 24.8 Å². The van der Waals surface area contributed by atoms with Crippen LogP contribution < -0.4 is 5.32 Å². The zero-order chi connectivity index (χ0) is 20.0. The number of fused-ring (bicyclic) bond motifs is 1. The summed E-state index contributed by atoms with van der Waals surface area (Å²) in [6.45, 7) is 4.10. The van der Waals surface area contributed by atoms with Gasteiger partial charge in [-0.2, -0.15) is 0 Å². The molecule has 2 aliphatic carbocycles. The molecular weight excluding hydrogens is 340 g/mol. The first-order chi connectivity index (χ1) is 12.8. The molecule has 6 atom stereocenters. The van der Waals surface area contributed by atoms with Crippen molar-refractivity contribution in [3.05, 3.63) is 23.9 Å². The summed E-state index contributed by atoms with van der Waals surface area (Å²) in [5, 5.41) is 23.9. The maximum absolute atomic E-state index is 11.6. The third kappa shape index (κ3) is 5.85. The average Bonchev–Trinajstić information content (AvgIpc) is 3.13. The number of nitrogens with zero attached hydrogens (tertiary/aromatic N) is 1. The molecule has 1 amide bonds. The summed E-state index contributed by atoms with van der Waals surface area (Å²) < 4.78 is 0. The van der Waals surface area contributed by atoms with Crippen molar-refractivity contribution in [2.24, 2.45) is 23.7 Å². The fourth-order valence-electron chi connectivity index (χ4n) is 4.15. The minimum atomic E-state index is -0.535. The molecule has 27 heavy (non-hydrogen) atoms. The van der Waals surface area contributed by atoms with Crippen molar-refractivity contribution in [1.29, 1.82) is 0 Å². The summed E-state index contributed by atoms with van der Waals surface area (Å²) >= 11 is 0. The van der Waals surface area contributed by atoms with Gasteiger partial charge in [-0.05, 0) is 50.1 Å². The van der Waals surface area contributed by atoms with Crippen LogP contribution in [-0.2, 0) is 4.79 Å². The van der Waals surface area contributed by atoms with Crippen LogP contribution in [-0.4, -0.2) is 53.9 Å². The number of aliphatic hydroxyl groups is 2. The number of allylic oxidation sites excluding steroid dienone is 1. The Labute approximate surface area is 163 Å². The van der Waals surface area contributed by atoms with Gasteiger partial charge in [-0.3, -0.25) is 4.79 Å². The van der Waals surface area contributed by atoms with Crippen molar-refractivity contribution in [3.8, 4) is 11.8 Å². The Hall–Kier alpha value is -1.77. The molecule has 0 heterocycles. The van der Waals surface area contributed by atoms with E-state index >= 15 is 0 Å². The highest BCUT2D eigenvalue weighted by atomic mass is 16.3. The van der Waals surface area contributed by atoms with Gasteiger partial charge in [0.05, 0.1) is 18.8 Å². The number of aliphatic hydroxyl groups excluding tert-OH is 2. The number of hydrogen-bond acceptors (Lipinski definition) is 4. The maximum atomic E-state index is 11.6. The van der Waals surface area contributed by atoms with E-state index in [0.717, 1.165) is 19.3 Å². The summed E-state index contributed by atoms with van der Waals surface area (Å²) in [6.07, 6.45) is 8.36. The van der Waals surface area contributed by atoms with E-state index in [4.69, 9.17) is 0 Å². The number of hydrogen-bond donors (Lipinski definition) is 3. The Morgan fingerprint density at radius 2 is 2.15 bits per heavy atom. The molecule has 0 aromatic heterocycles. The third-order valence-corrected chi connectivity index (χ3v) is 5.88. The van der Waals surface area contributed by atoms with Gasteiger partial charge in [-0.25, -0.2) is 0 Å². The van der Waals surface area contributed by atoms with Crippen LogP contribution in [0.4, 0.5) is 0 Å². The molecular formula is C22H34N2O3. The molecule has 0 spiro atoms. The van der Waals surface area contributed by atoms with E-state index < -0.39 is 6.10 Å². The molecule has 0 saturated heterocycles. The third-order valence-electron chi connectivity index (χ3n) is 5.88. The highest BCUT2D eigenvalue weighted by Crippen LogP contribution is 2.50. The Morgan fingerprint density at radius 3 is 2.81 bits per heavy atom. The van der Waals surface area contributed by atoms with Crippen LogP contribution in [0.3, 0.4) is 0 Å². The minimum Gasteiger partial charge on any atom is -0.392 e. The Morgan fingerprint density at radius 1 is 1.41 bits per heavy atom. The van der Waals surface area contributed by atoms with Crippen molar-refractivity contribution in [2.45, 2.75) is 51.7 Å². The van der Waals surface area contributed by atoms with Gasteiger partial charge in [0.1, 0.15) is 0 Å². The summed E-state index contributed by atoms with van der Waals surface area (Å²) in [4.78, 5) is 13.2. The highest BCUT2D eigenvalue weighted by Gasteiger charge is 2.45. The number of likely N-dealkylation sites (N-methyl/N-ethyl adjacent to an activating group) is 1. The van der Waals surface area contributed by atoms with Gasteiger partial charge in [0.15, 0.2) is 0 Å². The fourth-order valence-corrected chi connectivity index (χ4v) is 4.15. The Kier molecular flexibility index (Phi) is 7.94. The van der Waals surface area contributed by atoms with Gasteiger partial charge >= 0.3 is 0 Å². The second-order valence-electron chi connectivity index (χ2n) is 8.17. The van der Waals surface area contributed by atoms with E-state index in [9.17, 15) is 15.0 Å². The van der Waals surface area contributed by atoms with Gasteiger partial charge in [0.25, 0.3) is 0 Å². The van der Waals surface area contributed by atoms with Crippen LogP contribution in [0.15, 0.2) is 23.9 Å². The van der Waals surface area contributed by atoms with Crippen molar-refractivity contribution >= 4 is 5.91 Å². The van der Waals surface area contributed by atoms with Gasteiger partial charge in [0.2, 0.25) is 5.91 Å². The highest BCUT2D eigenvalue weighted by molar-refractivity contribution is 5.77. The summed E-state index contributed by atoms with van der Waals surface area (Å²) in [7, 11) is 3.50. The molecule has 0 bridgehead atoms. The maximum Gasteiger partial charge on any atom is 0.241 e. The molecule has 2 saturated carbocycles. The number of rotatable bonds is 7. The van der Waals surface area contributed by atoms with Gasteiger partial charge < -0.3 is 20.4 Å². The van der Waals surface area contributed by atoms with Gasteiger partial charge in [0, 0.05) is 26.4 Å². The van der Waals surface area contributed by atoms with Crippen molar-refractivity contribution < 1.29 is 15.0 Å². The molecule has 2 rings (SSSR count). The number of carbonyl (C=O) groups is 1. The lowest BCUT2D eigenvalue weighted by atomic mass is 9.89. The quantitative estimate of drug-likeness (QED) is 0.470. The van der Waals surface area contributed by atoms with E-state index in [-0.39, 0.29) is 23.8 Å². The first kappa shape index (κ1) is 21.5. The number of amides is 1. The van der Waals surface area contributed by atoms with E-state index in [1.165, 1.54) is 5.57 Å². The molecule has 0 aliphatic heterocycles. The lowest BCUT2D eigenvalue weighted by Gasteiger charge is -2.19. The zero-order valence-electron chi connectivity index (χ0n) is 17.0. The molecule has 3 N–H and O–H groups in total. The zero-order valence-corrected chi connectivity index (χ0v) is 17.0. The molecule has 2 fully saturated rings. The topological polar surface area (TPSA) is 72.8 Å². The molecule has 0 unspecified atom stereocenters. The lowest BCUT2D eigenvalue weighted by Crippen LogP contribution is -2.30. The monoisotopic (exact) mass is 374 g/mol. The fraction of sp³-hybridized carbons (Fsp3) is 0.682. The molecule has 5 nitrogen and oxygen atoms in total. The molecule has 2 aliphatic rings. The van der Waals surface area contributed by atoms with Crippen LogP contribution in [0.1, 0.15) is 39.5 Å². The predicted octanol–water partition coefficient (Wildman–Crippen LogP) is 1.92. The van der Waals surface area contributed by atoms with Crippen LogP contribution in [0.25, 0.3) is 0 Å². The van der Waals surface area contributed by atoms with Crippen molar-refractivity contribution in [2.75, 3.05) is 20.6 Å². The van der Waals surface area contributed by atoms with Crippen molar-refractivity contribution in [1.82, 2.24) is 10.2 Å². The number of nitrogens with one attached hydrogen (secondary N) is 1. The summed E-state index contributed by atoms with van der Waals surface area (Å²) in [5.41, 5.74) is 1.31. The van der Waals surface area contributed by atoms with Gasteiger partial charge in [-0.1, -0.05) is 24.6 Å².